The number of nitrogens with zero attached hydrogens (tertiary/aromatic N) is 2. The third kappa shape index (κ3) is 6.75. The van der Waals surface area contributed by atoms with Gasteiger partial charge in [0.1, 0.15) is 6.29 Å². The van der Waals surface area contributed by atoms with E-state index < -0.39 is 12.1 Å². The second kappa shape index (κ2) is 13.3. The van der Waals surface area contributed by atoms with Crippen LogP contribution in [0, 0.1) is 17.8 Å². The van der Waals surface area contributed by atoms with Gasteiger partial charge in [-0.05, 0) is 24.7 Å². The van der Waals surface area contributed by atoms with Crippen molar-refractivity contribution < 1.29 is 23.9 Å². The average molecular weight is 456 g/mol. The SMILES string of the molecule is CCC(C)C(C(CC(=O)N1CCCC1C(OC)C(C)C=O)OC)N(C)C(=O)C(N)C(C)C. The molecule has 0 aromatic heterocycles. The van der Waals surface area contributed by atoms with Crippen molar-refractivity contribution in [2.24, 2.45) is 23.5 Å². The van der Waals surface area contributed by atoms with Crippen molar-refractivity contribution in [3.05, 3.63) is 0 Å². The number of nitrogens with two attached hydrogens (primary N) is 1. The van der Waals surface area contributed by atoms with Crippen LogP contribution >= 0.6 is 0 Å². The van der Waals surface area contributed by atoms with E-state index in [9.17, 15) is 14.4 Å². The van der Waals surface area contributed by atoms with E-state index in [2.05, 4.69) is 13.8 Å². The summed E-state index contributed by atoms with van der Waals surface area (Å²) in [4.78, 5) is 41.2. The molecule has 0 aromatic carbocycles. The van der Waals surface area contributed by atoms with Crippen LogP contribution in [-0.4, -0.2) is 86.0 Å². The van der Waals surface area contributed by atoms with E-state index in [-0.39, 0.29) is 54.2 Å². The summed E-state index contributed by atoms with van der Waals surface area (Å²) in [6.45, 7) is 10.4. The van der Waals surface area contributed by atoms with E-state index in [0.29, 0.717) is 6.54 Å². The van der Waals surface area contributed by atoms with Crippen LogP contribution in [0.1, 0.15) is 60.3 Å². The predicted octanol–water partition coefficient (Wildman–Crippen LogP) is 2.09. The minimum Gasteiger partial charge on any atom is -0.379 e. The van der Waals surface area contributed by atoms with Gasteiger partial charge in [-0.2, -0.15) is 0 Å². The van der Waals surface area contributed by atoms with E-state index in [0.717, 1.165) is 25.5 Å². The number of amides is 2. The van der Waals surface area contributed by atoms with Crippen LogP contribution in [-0.2, 0) is 23.9 Å². The molecule has 7 unspecified atom stereocenters. The zero-order chi connectivity index (χ0) is 24.6. The Morgan fingerprint density at radius 2 is 1.81 bits per heavy atom. The molecule has 2 N–H and O–H groups in total. The molecule has 1 aliphatic rings. The first-order valence-electron chi connectivity index (χ1n) is 11.9. The number of likely N-dealkylation sites (tertiary alicyclic amines) is 1. The average Bonchev–Trinajstić information content (AvgIpc) is 3.26. The zero-order valence-corrected chi connectivity index (χ0v) is 21.2. The Balaban J connectivity index is 3.08. The molecular weight excluding hydrogens is 410 g/mol. The smallest absolute Gasteiger partial charge is 0.239 e. The first-order valence-corrected chi connectivity index (χ1v) is 11.9. The lowest BCUT2D eigenvalue weighted by Gasteiger charge is -2.40. The lowest BCUT2D eigenvalue weighted by atomic mass is 9.89. The zero-order valence-electron chi connectivity index (χ0n) is 21.2. The van der Waals surface area contributed by atoms with E-state index in [1.165, 1.54) is 0 Å². The normalized spacial score (nSPS) is 22.2. The highest BCUT2D eigenvalue weighted by Crippen LogP contribution is 2.28. The molecule has 186 valence electrons. The summed E-state index contributed by atoms with van der Waals surface area (Å²) in [6, 6.07) is -1.02. The maximum Gasteiger partial charge on any atom is 0.239 e. The number of hydrogen-bond acceptors (Lipinski definition) is 6. The standard InChI is InChI=1S/C24H45N3O5/c1-9-16(4)22(26(6)24(30)21(25)15(2)3)19(31-7)13-20(29)27-12-10-11-18(27)23(32-8)17(5)14-28/h14-19,21-23H,9-13,25H2,1-8H3. The summed E-state index contributed by atoms with van der Waals surface area (Å²) in [5.74, 6) is -0.343. The Labute approximate surface area is 194 Å². The molecule has 0 aromatic rings. The molecule has 0 radical (unpaired) electrons. The summed E-state index contributed by atoms with van der Waals surface area (Å²) in [5.41, 5.74) is 6.14. The molecule has 1 aliphatic heterocycles. The quantitative estimate of drug-likeness (QED) is 0.427. The van der Waals surface area contributed by atoms with Crippen molar-refractivity contribution in [2.45, 2.75) is 90.6 Å². The summed E-state index contributed by atoms with van der Waals surface area (Å²) in [6.07, 6.45) is 2.75. The van der Waals surface area contributed by atoms with Crippen molar-refractivity contribution in [3.8, 4) is 0 Å². The summed E-state index contributed by atoms with van der Waals surface area (Å²) >= 11 is 0. The van der Waals surface area contributed by atoms with Gasteiger partial charge in [-0.25, -0.2) is 0 Å². The van der Waals surface area contributed by atoms with E-state index in [1.54, 1.807) is 26.2 Å². The van der Waals surface area contributed by atoms with Gasteiger partial charge < -0.3 is 29.8 Å². The Kier molecular flexibility index (Phi) is 11.8. The third-order valence-corrected chi connectivity index (χ3v) is 7.09. The molecule has 1 saturated heterocycles. The lowest BCUT2D eigenvalue weighted by Crippen LogP contribution is -2.56. The van der Waals surface area contributed by atoms with Gasteiger partial charge in [0.25, 0.3) is 0 Å². The fourth-order valence-corrected chi connectivity index (χ4v) is 4.78. The highest BCUT2D eigenvalue weighted by molar-refractivity contribution is 5.82. The number of hydrogen-bond donors (Lipinski definition) is 1. The van der Waals surface area contributed by atoms with Crippen LogP contribution in [0.2, 0.25) is 0 Å². The maximum atomic E-state index is 13.4. The molecule has 7 atom stereocenters. The van der Waals surface area contributed by atoms with Crippen LogP contribution in [0.5, 0.6) is 0 Å². The van der Waals surface area contributed by atoms with Gasteiger partial charge in [0, 0.05) is 33.7 Å². The molecule has 8 heteroatoms. The summed E-state index contributed by atoms with van der Waals surface area (Å²) in [7, 11) is 4.92. The van der Waals surface area contributed by atoms with Gasteiger partial charge in [-0.15, -0.1) is 0 Å². The molecular formula is C24H45N3O5. The first-order chi connectivity index (χ1) is 15.0. The van der Waals surface area contributed by atoms with Gasteiger partial charge in [-0.1, -0.05) is 41.0 Å². The van der Waals surface area contributed by atoms with Gasteiger partial charge in [-0.3, -0.25) is 9.59 Å². The number of aldehydes is 1. The molecule has 0 bridgehead atoms. The van der Waals surface area contributed by atoms with Crippen LogP contribution in [0.25, 0.3) is 0 Å². The van der Waals surface area contributed by atoms with Gasteiger partial charge in [0.05, 0.1) is 36.8 Å². The highest BCUT2D eigenvalue weighted by atomic mass is 16.5. The van der Waals surface area contributed by atoms with E-state index >= 15 is 0 Å². The number of ether oxygens (including phenoxy) is 2. The number of carbonyl (C=O) groups is 3. The topological polar surface area (TPSA) is 102 Å². The number of rotatable bonds is 13. The van der Waals surface area contributed by atoms with Crippen LogP contribution in [0.15, 0.2) is 0 Å². The van der Waals surface area contributed by atoms with E-state index in [1.807, 2.05) is 25.7 Å². The van der Waals surface area contributed by atoms with Gasteiger partial charge in [0.2, 0.25) is 11.8 Å². The van der Waals surface area contributed by atoms with Crippen molar-refractivity contribution in [1.29, 1.82) is 0 Å². The molecule has 32 heavy (non-hydrogen) atoms. The summed E-state index contributed by atoms with van der Waals surface area (Å²) < 4.78 is 11.4. The first kappa shape index (κ1) is 28.5. The molecule has 0 saturated carbocycles. The molecule has 8 nitrogen and oxygen atoms in total. The van der Waals surface area contributed by atoms with Crippen molar-refractivity contribution in [3.63, 3.8) is 0 Å². The fraction of sp³-hybridized carbons (Fsp3) is 0.875. The van der Waals surface area contributed by atoms with Crippen molar-refractivity contribution >= 4 is 18.1 Å². The third-order valence-electron chi connectivity index (χ3n) is 7.09. The van der Waals surface area contributed by atoms with Crippen LogP contribution in [0.4, 0.5) is 0 Å². The lowest BCUT2D eigenvalue weighted by molar-refractivity contribution is -0.145. The number of methoxy groups -OCH3 is 2. The number of likely N-dealkylation sites (N-methyl/N-ethyl adjacent to an activating group) is 1. The Morgan fingerprint density at radius 3 is 2.28 bits per heavy atom. The predicted molar refractivity (Wildman–Crippen MR) is 125 cm³/mol. The van der Waals surface area contributed by atoms with Crippen molar-refractivity contribution in [2.75, 3.05) is 27.8 Å². The summed E-state index contributed by atoms with van der Waals surface area (Å²) in [5, 5.41) is 0. The van der Waals surface area contributed by atoms with Crippen LogP contribution < -0.4 is 5.73 Å². The second-order valence-corrected chi connectivity index (χ2v) is 9.57. The molecule has 1 fully saturated rings. The monoisotopic (exact) mass is 455 g/mol. The minimum atomic E-state index is -0.602. The number of carbonyl (C=O) groups excluding carboxylic acids is 3. The minimum absolute atomic E-state index is 0.0151. The molecule has 0 spiro atoms. The fourth-order valence-electron chi connectivity index (χ4n) is 4.78. The second-order valence-electron chi connectivity index (χ2n) is 9.57. The Bertz CT molecular complexity index is 614. The molecule has 1 rings (SSSR count). The van der Waals surface area contributed by atoms with Gasteiger partial charge >= 0.3 is 0 Å². The van der Waals surface area contributed by atoms with Crippen molar-refractivity contribution in [1.82, 2.24) is 9.80 Å². The Hall–Kier alpha value is -1.51. The molecule has 1 heterocycles. The van der Waals surface area contributed by atoms with Gasteiger partial charge in [0.15, 0.2) is 0 Å². The highest BCUT2D eigenvalue weighted by Gasteiger charge is 2.41. The molecule has 0 aliphatic carbocycles. The molecule has 2 amide bonds. The maximum absolute atomic E-state index is 13.4. The Morgan fingerprint density at radius 1 is 1.19 bits per heavy atom. The van der Waals surface area contributed by atoms with E-state index in [4.69, 9.17) is 15.2 Å². The van der Waals surface area contributed by atoms with Crippen LogP contribution in [0.3, 0.4) is 0 Å². The largest absolute Gasteiger partial charge is 0.379 e.